The fraction of sp³-hybridized carbons (Fsp3) is 0.556. The van der Waals surface area contributed by atoms with Gasteiger partial charge in [-0.3, -0.25) is 0 Å². The van der Waals surface area contributed by atoms with E-state index in [9.17, 15) is 9.59 Å². The molecular weight excluding hydrogens is 200 g/mol. The first-order valence-electron chi connectivity index (χ1n) is 4.39. The van der Waals surface area contributed by atoms with Crippen LogP contribution in [0, 0.1) is 11.8 Å². The molecule has 15 heavy (non-hydrogen) atoms. The van der Waals surface area contributed by atoms with E-state index in [0.29, 0.717) is 13.0 Å². The van der Waals surface area contributed by atoms with Crippen LogP contribution in [-0.2, 0) is 4.79 Å². The van der Waals surface area contributed by atoms with Crippen LogP contribution in [0.5, 0.6) is 0 Å². The molecule has 4 N–H and O–H groups in total. The summed E-state index contributed by atoms with van der Waals surface area (Å²) in [6.45, 7) is 1.38. The predicted octanol–water partition coefficient (Wildman–Crippen LogP) is -0.855. The van der Waals surface area contributed by atoms with Crippen molar-refractivity contribution >= 4 is 12.0 Å². The second-order valence-electron chi connectivity index (χ2n) is 2.65. The Hall–Kier alpha value is -1.74. The molecule has 0 aliphatic carbocycles. The van der Waals surface area contributed by atoms with Gasteiger partial charge in [-0.25, -0.2) is 9.59 Å². The molecule has 0 fully saturated rings. The lowest BCUT2D eigenvalue weighted by atomic mass is 10.3. The van der Waals surface area contributed by atoms with Crippen LogP contribution in [0.2, 0.25) is 0 Å². The Morgan fingerprint density at radius 2 is 2.13 bits per heavy atom. The van der Waals surface area contributed by atoms with Gasteiger partial charge in [0.05, 0.1) is 6.61 Å². The van der Waals surface area contributed by atoms with E-state index in [1.54, 1.807) is 6.92 Å². The summed E-state index contributed by atoms with van der Waals surface area (Å²) in [5.74, 6) is 4.11. The Bertz CT molecular complexity index is 280. The third kappa shape index (κ3) is 6.35. The van der Waals surface area contributed by atoms with Gasteiger partial charge in [0.1, 0.15) is 0 Å². The van der Waals surface area contributed by atoms with Crippen molar-refractivity contribution in [3.05, 3.63) is 0 Å². The second kappa shape index (κ2) is 7.64. The predicted molar refractivity (Wildman–Crippen MR) is 53.1 cm³/mol. The quantitative estimate of drug-likeness (QED) is 0.353. The van der Waals surface area contributed by atoms with Crippen LogP contribution in [0.15, 0.2) is 0 Å². The maximum atomic E-state index is 11.0. The minimum atomic E-state index is -1.28. The van der Waals surface area contributed by atoms with Crippen molar-refractivity contribution in [3.8, 4) is 11.8 Å². The Kier molecular flexibility index (Phi) is 6.76. The summed E-state index contributed by atoms with van der Waals surface area (Å²) in [5.41, 5.74) is 0. The third-order valence-electron chi connectivity index (χ3n) is 1.50. The molecule has 0 aromatic rings. The van der Waals surface area contributed by atoms with Crippen molar-refractivity contribution in [1.29, 1.82) is 0 Å². The number of aliphatic carboxylic acids is 1. The molecule has 6 nitrogen and oxygen atoms in total. The highest BCUT2D eigenvalue weighted by Crippen LogP contribution is 1.82. The van der Waals surface area contributed by atoms with Gasteiger partial charge in [0.2, 0.25) is 0 Å². The summed E-state index contributed by atoms with van der Waals surface area (Å²) in [7, 11) is 0. The average Bonchev–Trinajstić information content (AvgIpc) is 2.20. The van der Waals surface area contributed by atoms with Gasteiger partial charge in [-0.2, -0.15) is 0 Å². The number of hydrogen-bond acceptors (Lipinski definition) is 3. The van der Waals surface area contributed by atoms with E-state index in [-0.39, 0.29) is 0 Å². The molecule has 6 heteroatoms. The number of urea groups is 1. The molecule has 84 valence electrons. The first-order valence-corrected chi connectivity index (χ1v) is 4.39. The van der Waals surface area contributed by atoms with Crippen LogP contribution in [-0.4, -0.2) is 41.4 Å². The Morgan fingerprint density at radius 3 is 2.60 bits per heavy atom. The monoisotopic (exact) mass is 214 g/mol. The van der Waals surface area contributed by atoms with E-state index in [1.807, 2.05) is 0 Å². The van der Waals surface area contributed by atoms with E-state index in [0.717, 1.165) is 0 Å². The van der Waals surface area contributed by atoms with E-state index in [1.165, 1.54) is 0 Å². The normalized spacial score (nSPS) is 10.8. The summed E-state index contributed by atoms with van der Waals surface area (Å²) in [4.78, 5) is 21.5. The summed E-state index contributed by atoms with van der Waals surface area (Å²) < 4.78 is 0. The molecule has 0 bridgehead atoms. The number of aliphatic hydroxyl groups is 1. The number of amides is 2. The van der Waals surface area contributed by atoms with Crippen LogP contribution in [0.25, 0.3) is 0 Å². The Morgan fingerprint density at radius 1 is 1.47 bits per heavy atom. The molecule has 0 heterocycles. The standard InChI is InChI=1S/C9H14N2O4/c1-2-3-4-5-10-9(15)11-7(6-12)8(13)14/h7,12H,4-6H2,1H3,(H,13,14)(H2,10,11,15)/t7-/m0/s1. The van der Waals surface area contributed by atoms with Gasteiger partial charge in [-0.15, -0.1) is 11.8 Å². The topological polar surface area (TPSA) is 98.7 Å². The van der Waals surface area contributed by atoms with Crippen molar-refractivity contribution < 1.29 is 19.8 Å². The molecule has 0 rings (SSSR count). The third-order valence-corrected chi connectivity index (χ3v) is 1.50. The Labute approximate surface area is 87.7 Å². The van der Waals surface area contributed by atoms with Crippen molar-refractivity contribution in [2.24, 2.45) is 0 Å². The number of carboxylic acids is 1. The van der Waals surface area contributed by atoms with Crippen molar-refractivity contribution in [1.82, 2.24) is 10.6 Å². The molecule has 0 saturated heterocycles. The van der Waals surface area contributed by atoms with Crippen molar-refractivity contribution in [2.45, 2.75) is 19.4 Å². The summed E-state index contributed by atoms with van der Waals surface area (Å²) in [6, 6.07) is -1.91. The SMILES string of the molecule is CC#CCCNC(=O)N[C@@H](CO)C(=O)O. The van der Waals surface area contributed by atoms with Gasteiger partial charge >= 0.3 is 12.0 Å². The molecule has 0 spiro atoms. The molecule has 0 aromatic heterocycles. The number of nitrogens with one attached hydrogen (secondary N) is 2. The fourth-order valence-electron chi connectivity index (χ4n) is 0.758. The largest absolute Gasteiger partial charge is 0.480 e. The van der Waals surface area contributed by atoms with Crippen LogP contribution in [0.4, 0.5) is 4.79 Å². The number of hydrogen-bond donors (Lipinski definition) is 4. The minimum absolute atomic E-state index is 0.338. The molecule has 2 amide bonds. The molecule has 0 saturated carbocycles. The van der Waals surface area contributed by atoms with Crippen molar-refractivity contribution in [2.75, 3.05) is 13.2 Å². The molecule has 0 aromatic carbocycles. The van der Waals surface area contributed by atoms with Crippen LogP contribution < -0.4 is 10.6 Å². The average molecular weight is 214 g/mol. The zero-order valence-corrected chi connectivity index (χ0v) is 8.41. The molecule has 0 unspecified atom stereocenters. The van der Waals surface area contributed by atoms with E-state index in [4.69, 9.17) is 10.2 Å². The maximum Gasteiger partial charge on any atom is 0.328 e. The van der Waals surface area contributed by atoms with Gasteiger partial charge < -0.3 is 20.8 Å². The molecular formula is C9H14N2O4. The van der Waals surface area contributed by atoms with Gasteiger partial charge in [-0.05, 0) is 6.92 Å². The summed E-state index contributed by atoms with van der Waals surface area (Å²) >= 11 is 0. The molecule has 0 aliphatic heterocycles. The highest BCUT2D eigenvalue weighted by atomic mass is 16.4. The second-order valence-corrected chi connectivity index (χ2v) is 2.65. The maximum absolute atomic E-state index is 11.0. The first-order chi connectivity index (χ1) is 7.11. The van der Waals surface area contributed by atoms with Crippen molar-refractivity contribution in [3.63, 3.8) is 0 Å². The van der Waals surface area contributed by atoms with E-state index < -0.39 is 24.6 Å². The van der Waals surface area contributed by atoms with Crippen LogP contribution >= 0.6 is 0 Å². The van der Waals surface area contributed by atoms with Gasteiger partial charge in [-0.1, -0.05) is 0 Å². The van der Waals surface area contributed by atoms with Gasteiger partial charge in [0.25, 0.3) is 0 Å². The lowest BCUT2D eigenvalue weighted by Crippen LogP contribution is -2.48. The van der Waals surface area contributed by atoms with Crippen LogP contribution in [0.3, 0.4) is 0 Å². The first kappa shape index (κ1) is 13.3. The molecule has 1 atom stereocenters. The lowest BCUT2D eigenvalue weighted by molar-refractivity contribution is -0.140. The minimum Gasteiger partial charge on any atom is -0.480 e. The number of carbonyl (C=O) groups is 2. The van der Waals surface area contributed by atoms with Gasteiger partial charge in [0.15, 0.2) is 6.04 Å². The highest BCUT2D eigenvalue weighted by molar-refractivity contribution is 5.82. The number of carbonyl (C=O) groups excluding carboxylic acids is 1. The lowest BCUT2D eigenvalue weighted by Gasteiger charge is -2.11. The van der Waals surface area contributed by atoms with E-state index in [2.05, 4.69) is 22.5 Å². The highest BCUT2D eigenvalue weighted by Gasteiger charge is 2.17. The van der Waals surface area contributed by atoms with E-state index >= 15 is 0 Å². The summed E-state index contributed by atoms with van der Waals surface area (Å²) in [6.07, 6.45) is 0.501. The zero-order valence-electron chi connectivity index (χ0n) is 8.41. The molecule has 0 aliphatic rings. The number of rotatable bonds is 5. The zero-order chi connectivity index (χ0) is 11.7. The number of carboxylic acid groups (broad SMARTS) is 1. The Balaban J connectivity index is 3.79. The molecule has 0 radical (unpaired) electrons. The van der Waals surface area contributed by atoms with Gasteiger partial charge in [0, 0.05) is 13.0 Å². The van der Waals surface area contributed by atoms with Crippen LogP contribution in [0.1, 0.15) is 13.3 Å². The smallest absolute Gasteiger partial charge is 0.328 e. The fourth-order valence-corrected chi connectivity index (χ4v) is 0.758. The summed E-state index contributed by atoms with van der Waals surface area (Å²) in [5, 5.41) is 21.6. The number of aliphatic hydroxyl groups excluding tert-OH is 1.